The van der Waals surface area contributed by atoms with Gasteiger partial charge in [-0.25, -0.2) is 0 Å². The third-order valence-corrected chi connectivity index (χ3v) is 4.39. The van der Waals surface area contributed by atoms with Crippen molar-refractivity contribution in [3.63, 3.8) is 0 Å². The number of aryl methyl sites for hydroxylation is 3. The molecule has 2 aromatic rings. The second kappa shape index (κ2) is 5.01. The molecule has 2 heteroatoms. The van der Waals surface area contributed by atoms with Crippen LogP contribution < -0.4 is 5.73 Å². The van der Waals surface area contributed by atoms with Crippen LogP contribution in [-0.2, 0) is 7.05 Å². The molecular formula is C17H26N2. The molecule has 1 aromatic carbocycles. The van der Waals surface area contributed by atoms with Gasteiger partial charge in [-0.2, -0.15) is 0 Å². The molecule has 0 bridgehead atoms. The molecule has 2 nitrogen and oxygen atoms in total. The third-order valence-electron chi connectivity index (χ3n) is 4.39. The lowest BCUT2D eigenvalue weighted by Gasteiger charge is -2.20. The highest BCUT2D eigenvalue weighted by molar-refractivity contribution is 5.89. The van der Waals surface area contributed by atoms with Crippen LogP contribution in [0.3, 0.4) is 0 Å². The van der Waals surface area contributed by atoms with E-state index in [-0.39, 0.29) is 0 Å². The number of benzene rings is 1. The SMILES string of the molecule is Cc1cc(C)c2c(c1)c(C(CN)C(C)C)c(C)n2C. The van der Waals surface area contributed by atoms with Gasteiger partial charge in [-0.3, -0.25) is 0 Å². The van der Waals surface area contributed by atoms with Gasteiger partial charge in [0.1, 0.15) is 0 Å². The normalized spacial score (nSPS) is 13.5. The number of fused-ring (bicyclic) bond motifs is 1. The minimum Gasteiger partial charge on any atom is -0.347 e. The summed E-state index contributed by atoms with van der Waals surface area (Å²) in [6.45, 7) is 11.8. The number of rotatable bonds is 3. The molecule has 2 N–H and O–H groups in total. The van der Waals surface area contributed by atoms with E-state index in [0.717, 1.165) is 0 Å². The highest BCUT2D eigenvalue weighted by Gasteiger charge is 2.23. The Labute approximate surface area is 116 Å². The smallest absolute Gasteiger partial charge is 0.0512 e. The number of nitrogens with two attached hydrogens (primary N) is 1. The summed E-state index contributed by atoms with van der Waals surface area (Å²) in [4.78, 5) is 0. The quantitative estimate of drug-likeness (QED) is 0.892. The molecule has 1 unspecified atom stereocenters. The number of nitrogens with zero attached hydrogens (tertiary/aromatic N) is 1. The Morgan fingerprint density at radius 1 is 1.16 bits per heavy atom. The summed E-state index contributed by atoms with van der Waals surface area (Å²) < 4.78 is 2.32. The van der Waals surface area contributed by atoms with Crippen LogP contribution >= 0.6 is 0 Å². The largest absolute Gasteiger partial charge is 0.347 e. The zero-order valence-electron chi connectivity index (χ0n) is 13.0. The zero-order chi connectivity index (χ0) is 14.3. The summed E-state index contributed by atoms with van der Waals surface area (Å²) in [5.74, 6) is 1.00. The van der Waals surface area contributed by atoms with Crippen LogP contribution in [-0.4, -0.2) is 11.1 Å². The van der Waals surface area contributed by atoms with E-state index in [4.69, 9.17) is 5.73 Å². The highest BCUT2D eigenvalue weighted by atomic mass is 14.9. The second-order valence-electron chi connectivity index (χ2n) is 6.12. The molecule has 0 amide bonds. The molecule has 1 aromatic heterocycles. The predicted octanol–water partition coefficient (Wildman–Crippen LogP) is 3.80. The van der Waals surface area contributed by atoms with Crippen molar-refractivity contribution >= 4 is 10.9 Å². The molecule has 19 heavy (non-hydrogen) atoms. The predicted molar refractivity (Wildman–Crippen MR) is 83.8 cm³/mol. The van der Waals surface area contributed by atoms with Gasteiger partial charge in [0.15, 0.2) is 0 Å². The Kier molecular flexibility index (Phi) is 3.73. The van der Waals surface area contributed by atoms with E-state index < -0.39 is 0 Å². The maximum absolute atomic E-state index is 6.04. The van der Waals surface area contributed by atoms with Gasteiger partial charge in [0.05, 0.1) is 5.52 Å². The van der Waals surface area contributed by atoms with E-state index in [1.165, 1.54) is 33.3 Å². The summed E-state index contributed by atoms with van der Waals surface area (Å²) in [5, 5.41) is 1.39. The first-order valence-corrected chi connectivity index (χ1v) is 7.14. The van der Waals surface area contributed by atoms with Gasteiger partial charge in [-0.15, -0.1) is 0 Å². The van der Waals surface area contributed by atoms with Crippen LogP contribution in [0.25, 0.3) is 10.9 Å². The van der Waals surface area contributed by atoms with Crippen molar-refractivity contribution in [3.05, 3.63) is 34.5 Å². The van der Waals surface area contributed by atoms with Crippen molar-refractivity contribution in [2.24, 2.45) is 18.7 Å². The molecule has 0 saturated carbocycles. The minimum absolute atomic E-state index is 0.435. The second-order valence-corrected chi connectivity index (χ2v) is 6.12. The molecule has 0 radical (unpaired) electrons. The molecule has 0 aliphatic carbocycles. The van der Waals surface area contributed by atoms with E-state index >= 15 is 0 Å². The summed E-state index contributed by atoms with van der Waals surface area (Å²) >= 11 is 0. The molecule has 0 aliphatic rings. The average Bonchev–Trinajstić information content (AvgIpc) is 2.54. The van der Waals surface area contributed by atoms with Gasteiger partial charge in [-0.05, 0) is 50.4 Å². The fraction of sp³-hybridized carbons (Fsp3) is 0.529. The maximum atomic E-state index is 6.04. The van der Waals surface area contributed by atoms with Gasteiger partial charge >= 0.3 is 0 Å². The Bertz CT molecular complexity index is 605. The maximum Gasteiger partial charge on any atom is 0.0512 e. The van der Waals surface area contributed by atoms with E-state index in [1.54, 1.807) is 0 Å². The van der Waals surface area contributed by atoms with Crippen LogP contribution in [0, 0.1) is 26.7 Å². The topological polar surface area (TPSA) is 30.9 Å². The Morgan fingerprint density at radius 2 is 1.79 bits per heavy atom. The molecule has 0 aliphatic heterocycles. The van der Waals surface area contributed by atoms with E-state index in [1.807, 2.05) is 0 Å². The first-order chi connectivity index (χ1) is 8.88. The minimum atomic E-state index is 0.435. The van der Waals surface area contributed by atoms with Gasteiger partial charge in [0.2, 0.25) is 0 Å². The highest BCUT2D eigenvalue weighted by Crippen LogP contribution is 2.36. The molecule has 104 valence electrons. The fourth-order valence-electron chi connectivity index (χ4n) is 3.35. The van der Waals surface area contributed by atoms with Gasteiger partial charge in [-0.1, -0.05) is 25.5 Å². The van der Waals surface area contributed by atoms with Crippen LogP contribution in [0.1, 0.15) is 42.1 Å². The van der Waals surface area contributed by atoms with Crippen molar-refractivity contribution in [3.8, 4) is 0 Å². The number of hydrogen-bond acceptors (Lipinski definition) is 1. The van der Waals surface area contributed by atoms with Crippen LogP contribution in [0.15, 0.2) is 12.1 Å². The summed E-state index contributed by atoms with van der Waals surface area (Å²) in [6, 6.07) is 4.58. The average molecular weight is 258 g/mol. The van der Waals surface area contributed by atoms with Gasteiger partial charge < -0.3 is 10.3 Å². The first-order valence-electron chi connectivity index (χ1n) is 7.14. The Balaban J connectivity index is 2.84. The van der Waals surface area contributed by atoms with Crippen LogP contribution in [0.2, 0.25) is 0 Å². The van der Waals surface area contributed by atoms with E-state index in [0.29, 0.717) is 18.4 Å². The molecule has 2 rings (SSSR count). The van der Waals surface area contributed by atoms with Crippen molar-refractivity contribution in [1.82, 2.24) is 4.57 Å². The fourth-order valence-corrected chi connectivity index (χ4v) is 3.35. The molecule has 0 spiro atoms. The number of hydrogen-bond donors (Lipinski definition) is 1. The molecular weight excluding hydrogens is 232 g/mol. The summed E-state index contributed by atoms with van der Waals surface area (Å²) in [5.41, 5.74) is 12.9. The first kappa shape index (κ1) is 14.1. The molecule has 1 heterocycles. The lowest BCUT2D eigenvalue weighted by Crippen LogP contribution is -2.18. The van der Waals surface area contributed by atoms with E-state index in [9.17, 15) is 0 Å². The van der Waals surface area contributed by atoms with Crippen molar-refractivity contribution in [2.45, 2.75) is 40.5 Å². The third kappa shape index (κ3) is 2.18. The lowest BCUT2D eigenvalue weighted by atomic mass is 9.86. The van der Waals surface area contributed by atoms with Crippen molar-refractivity contribution in [1.29, 1.82) is 0 Å². The van der Waals surface area contributed by atoms with Crippen LogP contribution in [0.5, 0.6) is 0 Å². The van der Waals surface area contributed by atoms with Gasteiger partial charge in [0.25, 0.3) is 0 Å². The summed E-state index contributed by atoms with van der Waals surface area (Å²) in [7, 11) is 2.16. The lowest BCUT2D eigenvalue weighted by molar-refractivity contribution is 0.506. The molecule has 0 saturated heterocycles. The Hall–Kier alpha value is -1.28. The van der Waals surface area contributed by atoms with Crippen molar-refractivity contribution in [2.75, 3.05) is 6.54 Å². The van der Waals surface area contributed by atoms with Crippen molar-refractivity contribution < 1.29 is 0 Å². The number of aromatic nitrogens is 1. The van der Waals surface area contributed by atoms with Gasteiger partial charge in [0, 0.05) is 24.0 Å². The summed E-state index contributed by atoms with van der Waals surface area (Å²) in [6.07, 6.45) is 0. The van der Waals surface area contributed by atoms with Crippen LogP contribution in [0.4, 0.5) is 0 Å². The monoisotopic (exact) mass is 258 g/mol. The zero-order valence-corrected chi connectivity index (χ0v) is 13.0. The van der Waals surface area contributed by atoms with E-state index in [2.05, 4.69) is 58.4 Å². The standard InChI is InChI=1S/C17H26N2/c1-10(2)15(9-18)16-13(5)19(6)17-12(4)7-11(3)8-14(16)17/h7-8,10,15H,9,18H2,1-6H3. The Morgan fingerprint density at radius 3 is 2.32 bits per heavy atom. The molecule has 0 fully saturated rings. The molecule has 1 atom stereocenters.